The molecule has 28 heavy (non-hydrogen) atoms. The zero-order chi connectivity index (χ0) is 19.7. The highest BCUT2D eigenvalue weighted by Crippen LogP contribution is 2.32. The Morgan fingerprint density at radius 3 is 2.61 bits per heavy atom. The van der Waals surface area contributed by atoms with E-state index in [1.54, 1.807) is 22.7 Å². The number of rotatable bonds is 6. The van der Waals surface area contributed by atoms with Crippen molar-refractivity contribution in [2.75, 3.05) is 0 Å². The van der Waals surface area contributed by atoms with Gasteiger partial charge in [0.1, 0.15) is 5.01 Å². The molecular weight excluding hydrogens is 386 g/mol. The second kappa shape index (κ2) is 7.73. The fourth-order valence-corrected chi connectivity index (χ4v) is 4.81. The highest BCUT2D eigenvalue weighted by atomic mass is 32.1. The Morgan fingerprint density at radius 2 is 1.93 bits per heavy atom. The third-order valence-corrected chi connectivity index (χ3v) is 6.69. The quantitative estimate of drug-likeness (QED) is 0.471. The van der Waals surface area contributed by atoms with E-state index in [9.17, 15) is 4.79 Å². The lowest BCUT2D eigenvalue weighted by Crippen LogP contribution is -2.13. The van der Waals surface area contributed by atoms with Crippen LogP contribution in [0.1, 0.15) is 26.5 Å². The lowest BCUT2D eigenvalue weighted by Gasteiger charge is -2.10. The predicted octanol–water partition coefficient (Wildman–Crippen LogP) is 5.30. The summed E-state index contributed by atoms with van der Waals surface area (Å²) in [5, 5.41) is 5.11. The fraction of sp³-hybridized carbons (Fsp3) is 0.182. The smallest absolute Gasteiger partial charge is 0.250 e. The standard InChI is InChI=1S/C22H21N3OS2/c1-14-5-7-16(8-6-14)22-24-19(13-28-22)20-12-18(21(23)26)15(2)25(20)10-9-17-4-3-11-27-17/h3-8,11-13H,9-10H2,1-2H3,(H2,23,26). The summed E-state index contributed by atoms with van der Waals surface area (Å²) < 4.78 is 2.16. The number of nitrogens with zero attached hydrogens (tertiary/aromatic N) is 2. The third-order valence-electron chi connectivity index (χ3n) is 4.86. The molecule has 4 nitrogen and oxygen atoms in total. The SMILES string of the molecule is Cc1ccc(-c2nc(-c3cc(C(N)=O)c(C)n3CCc3cccs3)cs2)cc1. The minimum absolute atomic E-state index is 0.400. The minimum atomic E-state index is -0.400. The molecule has 142 valence electrons. The van der Waals surface area contributed by atoms with Crippen molar-refractivity contribution in [3.05, 3.63) is 74.9 Å². The van der Waals surface area contributed by atoms with E-state index in [2.05, 4.69) is 58.6 Å². The van der Waals surface area contributed by atoms with E-state index >= 15 is 0 Å². The number of carbonyl (C=O) groups is 1. The van der Waals surface area contributed by atoms with Gasteiger partial charge in [-0.3, -0.25) is 4.79 Å². The first kappa shape index (κ1) is 18.7. The summed E-state index contributed by atoms with van der Waals surface area (Å²) in [4.78, 5) is 18.1. The number of hydrogen-bond acceptors (Lipinski definition) is 4. The molecule has 2 N–H and O–H groups in total. The van der Waals surface area contributed by atoms with Crippen molar-refractivity contribution < 1.29 is 4.79 Å². The first-order chi connectivity index (χ1) is 13.5. The van der Waals surface area contributed by atoms with Gasteiger partial charge in [-0.1, -0.05) is 35.9 Å². The van der Waals surface area contributed by atoms with Crippen molar-refractivity contribution in [2.24, 2.45) is 5.73 Å². The van der Waals surface area contributed by atoms with E-state index in [1.807, 2.05) is 13.0 Å². The van der Waals surface area contributed by atoms with Gasteiger partial charge in [0.25, 0.3) is 5.91 Å². The molecule has 0 unspecified atom stereocenters. The molecule has 1 amide bonds. The highest BCUT2D eigenvalue weighted by molar-refractivity contribution is 7.13. The summed E-state index contributed by atoms with van der Waals surface area (Å²) in [7, 11) is 0. The summed E-state index contributed by atoms with van der Waals surface area (Å²) in [6, 6.07) is 14.4. The van der Waals surface area contributed by atoms with Crippen LogP contribution in [0, 0.1) is 13.8 Å². The predicted molar refractivity (Wildman–Crippen MR) is 117 cm³/mol. The molecule has 3 heterocycles. The van der Waals surface area contributed by atoms with Gasteiger partial charge in [-0.05, 0) is 37.8 Å². The van der Waals surface area contributed by atoms with Gasteiger partial charge in [0.15, 0.2) is 0 Å². The van der Waals surface area contributed by atoms with Gasteiger partial charge in [0.2, 0.25) is 0 Å². The molecule has 0 atom stereocenters. The number of aromatic nitrogens is 2. The van der Waals surface area contributed by atoms with Crippen molar-refractivity contribution in [3.63, 3.8) is 0 Å². The highest BCUT2D eigenvalue weighted by Gasteiger charge is 2.19. The van der Waals surface area contributed by atoms with Gasteiger partial charge < -0.3 is 10.3 Å². The van der Waals surface area contributed by atoms with Crippen molar-refractivity contribution in [1.29, 1.82) is 0 Å². The van der Waals surface area contributed by atoms with Gasteiger partial charge in [0, 0.05) is 28.1 Å². The maximum absolute atomic E-state index is 11.9. The van der Waals surface area contributed by atoms with Crippen LogP contribution < -0.4 is 5.73 Å². The number of amides is 1. The Bertz CT molecular complexity index is 1110. The van der Waals surface area contributed by atoms with Crippen LogP contribution in [0.25, 0.3) is 22.0 Å². The van der Waals surface area contributed by atoms with Crippen LogP contribution >= 0.6 is 22.7 Å². The molecule has 6 heteroatoms. The molecule has 3 aromatic heterocycles. The van der Waals surface area contributed by atoms with E-state index in [-0.39, 0.29) is 0 Å². The van der Waals surface area contributed by atoms with E-state index in [4.69, 9.17) is 10.7 Å². The summed E-state index contributed by atoms with van der Waals surface area (Å²) in [5.41, 5.74) is 11.2. The Balaban J connectivity index is 1.71. The van der Waals surface area contributed by atoms with Crippen LogP contribution in [0.4, 0.5) is 0 Å². The normalized spacial score (nSPS) is 11.1. The van der Waals surface area contributed by atoms with Gasteiger partial charge in [0.05, 0.1) is 17.0 Å². The van der Waals surface area contributed by atoms with Gasteiger partial charge in [-0.2, -0.15) is 0 Å². The van der Waals surface area contributed by atoms with E-state index in [1.165, 1.54) is 10.4 Å². The minimum Gasteiger partial charge on any atom is -0.366 e. The molecule has 0 spiro atoms. The van der Waals surface area contributed by atoms with Crippen LogP contribution in [0.3, 0.4) is 0 Å². The number of thiazole rings is 1. The average Bonchev–Trinajstić information content (AvgIpc) is 3.40. The number of thiophene rings is 1. The van der Waals surface area contributed by atoms with Gasteiger partial charge >= 0.3 is 0 Å². The molecule has 4 aromatic rings. The summed E-state index contributed by atoms with van der Waals surface area (Å²) in [6.07, 6.45) is 0.910. The number of primary amides is 1. The molecule has 0 aliphatic rings. The van der Waals surface area contributed by atoms with Crippen LogP contribution in [-0.4, -0.2) is 15.5 Å². The first-order valence-electron chi connectivity index (χ1n) is 9.08. The summed E-state index contributed by atoms with van der Waals surface area (Å²) in [6.45, 7) is 4.81. The first-order valence-corrected chi connectivity index (χ1v) is 10.8. The monoisotopic (exact) mass is 407 g/mol. The molecule has 0 saturated heterocycles. The molecule has 0 aliphatic heterocycles. The van der Waals surface area contributed by atoms with Crippen molar-refractivity contribution in [1.82, 2.24) is 9.55 Å². The van der Waals surface area contributed by atoms with Crippen LogP contribution in [0.15, 0.2) is 53.2 Å². The van der Waals surface area contributed by atoms with Gasteiger partial charge in [-0.15, -0.1) is 22.7 Å². The maximum Gasteiger partial charge on any atom is 0.250 e. The van der Waals surface area contributed by atoms with Crippen LogP contribution in [-0.2, 0) is 13.0 Å². The lowest BCUT2D eigenvalue weighted by atomic mass is 10.2. The number of carbonyl (C=O) groups excluding carboxylic acids is 1. The van der Waals surface area contributed by atoms with Crippen molar-refractivity contribution in [2.45, 2.75) is 26.8 Å². The summed E-state index contributed by atoms with van der Waals surface area (Å²) >= 11 is 3.36. The largest absolute Gasteiger partial charge is 0.366 e. The van der Waals surface area contributed by atoms with Gasteiger partial charge in [-0.25, -0.2) is 4.98 Å². The van der Waals surface area contributed by atoms with E-state index in [0.29, 0.717) is 5.56 Å². The Morgan fingerprint density at radius 1 is 1.14 bits per heavy atom. The second-order valence-electron chi connectivity index (χ2n) is 6.78. The Hall–Kier alpha value is -2.70. The molecule has 0 radical (unpaired) electrons. The molecule has 0 saturated carbocycles. The molecule has 0 aliphatic carbocycles. The third kappa shape index (κ3) is 3.66. The van der Waals surface area contributed by atoms with Crippen molar-refractivity contribution in [3.8, 4) is 22.0 Å². The summed E-state index contributed by atoms with van der Waals surface area (Å²) in [5.74, 6) is -0.400. The number of aryl methyl sites for hydroxylation is 2. The molecule has 4 rings (SSSR count). The second-order valence-corrected chi connectivity index (χ2v) is 8.67. The topological polar surface area (TPSA) is 60.9 Å². The van der Waals surface area contributed by atoms with E-state index in [0.717, 1.165) is 40.6 Å². The van der Waals surface area contributed by atoms with Crippen molar-refractivity contribution >= 4 is 28.6 Å². The number of nitrogens with two attached hydrogens (primary N) is 1. The molecule has 0 bridgehead atoms. The lowest BCUT2D eigenvalue weighted by molar-refractivity contribution is 0.0999. The fourth-order valence-electron chi connectivity index (χ4n) is 3.29. The Labute approximate surface area is 172 Å². The van der Waals surface area contributed by atoms with Crippen LogP contribution in [0.2, 0.25) is 0 Å². The van der Waals surface area contributed by atoms with E-state index < -0.39 is 5.91 Å². The molecule has 1 aromatic carbocycles. The Kier molecular flexibility index (Phi) is 5.15. The van der Waals surface area contributed by atoms with Crippen LogP contribution in [0.5, 0.6) is 0 Å². The maximum atomic E-state index is 11.9. The average molecular weight is 408 g/mol. The molecule has 0 fully saturated rings. The number of benzene rings is 1. The number of hydrogen-bond donors (Lipinski definition) is 1. The molecular formula is C22H21N3OS2. The zero-order valence-electron chi connectivity index (χ0n) is 15.8. The zero-order valence-corrected chi connectivity index (χ0v) is 17.4.